The van der Waals surface area contributed by atoms with Gasteiger partial charge in [0.25, 0.3) is 10.0 Å². The molecule has 2 unspecified atom stereocenters. The molecule has 9 nitrogen and oxygen atoms in total. The van der Waals surface area contributed by atoms with Crippen LogP contribution in [0.5, 0.6) is 0 Å². The van der Waals surface area contributed by atoms with E-state index in [0.717, 1.165) is 30.5 Å². The van der Waals surface area contributed by atoms with Gasteiger partial charge in [0.2, 0.25) is 11.9 Å². The maximum atomic E-state index is 12.9. The molecule has 0 saturated carbocycles. The predicted molar refractivity (Wildman–Crippen MR) is 153 cm³/mol. The lowest BCUT2D eigenvalue weighted by Crippen LogP contribution is -2.23. The van der Waals surface area contributed by atoms with Gasteiger partial charge in [0.05, 0.1) is 15.7 Å². The first-order valence-corrected chi connectivity index (χ1v) is 15.0. The second-order valence-electron chi connectivity index (χ2n) is 9.36. The second kappa shape index (κ2) is 11.9. The fourth-order valence-electron chi connectivity index (χ4n) is 4.54. The number of pyridine rings is 1. The van der Waals surface area contributed by atoms with E-state index in [0.29, 0.717) is 22.2 Å². The topological polar surface area (TPSA) is 138 Å². The van der Waals surface area contributed by atoms with Crippen LogP contribution < -0.4 is 10.0 Å². The van der Waals surface area contributed by atoms with Crippen molar-refractivity contribution in [3.63, 3.8) is 0 Å². The van der Waals surface area contributed by atoms with E-state index in [1.807, 2.05) is 24.3 Å². The quantitative estimate of drug-likeness (QED) is 0.284. The van der Waals surface area contributed by atoms with Gasteiger partial charge in [0.1, 0.15) is 11.1 Å². The van der Waals surface area contributed by atoms with Gasteiger partial charge in [-0.2, -0.15) is 5.26 Å². The van der Waals surface area contributed by atoms with E-state index in [9.17, 15) is 18.5 Å². The fourth-order valence-corrected chi connectivity index (χ4v) is 6.39. The third-order valence-electron chi connectivity index (χ3n) is 6.62. The summed E-state index contributed by atoms with van der Waals surface area (Å²) in [6.07, 6.45) is 5.50. The molecule has 202 valence electrons. The number of thioether (sulfide) groups is 1. The summed E-state index contributed by atoms with van der Waals surface area (Å²) in [4.78, 5) is 25.5. The summed E-state index contributed by atoms with van der Waals surface area (Å²) >= 11 is 1.24. The molecule has 1 aliphatic rings. The molecule has 2 heterocycles. The van der Waals surface area contributed by atoms with Gasteiger partial charge in [-0.05, 0) is 79.6 Å². The number of carbonyl (C=O) groups excluding carboxylic acids is 1. The van der Waals surface area contributed by atoms with Crippen molar-refractivity contribution in [2.24, 2.45) is 0 Å². The van der Waals surface area contributed by atoms with Crippen LogP contribution in [0.25, 0.3) is 0 Å². The molecular formula is C29H26N6O3S2. The molecule has 2 aromatic carbocycles. The van der Waals surface area contributed by atoms with E-state index >= 15 is 0 Å². The molecule has 0 radical (unpaired) electrons. The number of rotatable bonds is 8. The minimum absolute atomic E-state index is 0.00630. The van der Waals surface area contributed by atoms with E-state index in [4.69, 9.17) is 4.98 Å². The lowest BCUT2D eigenvalue weighted by Gasteiger charge is -2.25. The highest BCUT2D eigenvalue weighted by molar-refractivity contribution is 8.00. The van der Waals surface area contributed by atoms with Gasteiger partial charge < -0.3 is 5.32 Å². The molecule has 1 amide bonds. The Hall–Kier alpha value is -4.27. The van der Waals surface area contributed by atoms with Crippen molar-refractivity contribution >= 4 is 39.3 Å². The zero-order valence-corrected chi connectivity index (χ0v) is 23.2. The zero-order chi connectivity index (χ0) is 28.1. The van der Waals surface area contributed by atoms with Crippen molar-refractivity contribution in [1.29, 1.82) is 5.26 Å². The second-order valence-corrected chi connectivity index (χ2v) is 12.4. The number of benzene rings is 2. The molecular weight excluding hydrogens is 544 g/mol. The van der Waals surface area contributed by atoms with E-state index in [-0.39, 0.29) is 16.8 Å². The van der Waals surface area contributed by atoms with Gasteiger partial charge in [-0.1, -0.05) is 42.1 Å². The van der Waals surface area contributed by atoms with Crippen LogP contribution in [0.1, 0.15) is 41.6 Å². The molecule has 0 fully saturated rings. The highest BCUT2D eigenvalue weighted by atomic mass is 32.2. The minimum Gasteiger partial charge on any atom is -0.325 e. The molecule has 0 bridgehead atoms. The normalized spacial score (nSPS) is 15.3. The van der Waals surface area contributed by atoms with Crippen molar-refractivity contribution in [2.75, 3.05) is 10.0 Å². The van der Waals surface area contributed by atoms with Gasteiger partial charge >= 0.3 is 0 Å². The molecule has 2 atom stereocenters. The Balaban J connectivity index is 1.23. The van der Waals surface area contributed by atoms with Crippen LogP contribution in [0.2, 0.25) is 0 Å². The number of hydrogen-bond acceptors (Lipinski definition) is 8. The Labute approximate surface area is 237 Å². The molecule has 1 aliphatic carbocycles. The van der Waals surface area contributed by atoms with E-state index in [1.165, 1.54) is 54.0 Å². The van der Waals surface area contributed by atoms with Gasteiger partial charge in [-0.3, -0.25) is 4.79 Å². The average molecular weight is 571 g/mol. The average Bonchev–Trinajstić information content (AvgIpc) is 2.97. The molecule has 2 N–H and O–H groups in total. The SMILES string of the molecule is CC(Sc1nc2c(cc1C#N)CC(c1ccccc1)CC2)C(=O)Nc1ccc(S(=O)(=O)Nc2ncccn2)cc1. The smallest absolute Gasteiger partial charge is 0.264 e. The number of nitrogens with zero attached hydrogens (tertiary/aromatic N) is 4. The van der Waals surface area contributed by atoms with Crippen LogP contribution in [0, 0.1) is 11.3 Å². The number of fused-ring (bicyclic) bond motifs is 1. The lowest BCUT2D eigenvalue weighted by atomic mass is 9.82. The number of nitriles is 1. The summed E-state index contributed by atoms with van der Waals surface area (Å²) in [5, 5.41) is 12.6. The first-order valence-electron chi connectivity index (χ1n) is 12.7. The van der Waals surface area contributed by atoms with Gasteiger partial charge in [-0.25, -0.2) is 28.1 Å². The number of carbonyl (C=O) groups is 1. The van der Waals surface area contributed by atoms with Crippen LogP contribution in [-0.4, -0.2) is 34.5 Å². The maximum absolute atomic E-state index is 12.9. The largest absolute Gasteiger partial charge is 0.325 e. The van der Waals surface area contributed by atoms with Crippen molar-refractivity contribution in [2.45, 2.75) is 47.3 Å². The van der Waals surface area contributed by atoms with Crippen LogP contribution in [0.3, 0.4) is 0 Å². The van der Waals surface area contributed by atoms with Gasteiger partial charge in [0.15, 0.2) is 0 Å². The monoisotopic (exact) mass is 570 g/mol. The molecule has 40 heavy (non-hydrogen) atoms. The molecule has 4 aromatic rings. The van der Waals surface area contributed by atoms with Crippen LogP contribution in [-0.2, 0) is 27.7 Å². The van der Waals surface area contributed by atoms with E-state index in [2.05, 4.69) is 38.2 Å². The first-order chi connectivity index (χ1) is 19.3. The van der Waals surface area contributed by atoms with Gasteiger partial charge in [-0.15, -0.1) is 0 Å². The summed E-state index contributed by atoms with van der Waals surface area (Å²) in [6, 6.07) is 21.9. The van der Waals surface area contributed by atoms with E-state index in [1.54, 1.807) is 13.0 Å². The van der Waals surface area contributed by atoms with Gasteiger partial charge in [0, 0.05) is 23.8 Å². The zero-order valence-electron chi connectivity index (χ0n) is 21.6. The highest BCUT2D eigenvalue weighted by Gasteiger charge is 2.25. The molecule has 0 aliphatic heterocycles. The van der Waals surface area contributed by atoms with Crippen LogP contribution >= 0.6 is 11.8 Å². The summed E-state index contributed by atoms with van der Waals surface area (Å²) in [5.74, 6) is 0.0762. The number of nitrogens with one attached hydrogen (secondary N) is 2. The van der Waals surface area contributed by atoms with Crippen molar-refractivity contribution < 1.29 is 13.2 Å². The first kappa shape index (κ1) is 27.3. The molecule has 0 saturated heterocycles. The Kier molecular flexibility index (Phi) is 8.09. The fraction of sp³-hybridized carbons (Fsp3) is 0.207. The van der Waals surface area contributed by atoms with Crippen LogP contribution in [0.4, 0.5) is 11.6 Å². The number of hydrogen-bond donors (Lipinski definition) is 2. The van der Waals surface area contributed by atoms with Crippen molar-refractivity contribution in [1.82, 2.24) is 15.0 Å². The molecule has 11 heteroatoms. The minimum atomic E-state index is -3.88. The van der Waals surface area contributed by atoms with Crippen LogP contribution in [0.15, 0.2) is 89.0 Å². The third-order valence-corrected chi connectivity index (χ3v) is 9.07. The Morgan fingerprint density at radius 3 is 2.50 bits per heavy atom. The van der Waals surface area contributed by atoms with Crippen molar-refractivity contribution in [3.8, 4) is 6.07 Å². The Morgan fingerprint density at radius 1 is 1.07 bits per heavy atom. The lowest BCUT2D eigenvalue weighted by molar-refractivity contribution is -0.115. The maximum Gasteiger partial charge on any atom is 0.264 e. The highest BCUT2D eigenvalue weighted by Crippen LogP contribution is 2.35. The summed E-state index contributed by atoms with van der Waals surface area (Å²) in [7, 11) is -3.88. The molecule has 5 rings (SSSR count). The van der Waals surface area contributed by atoms with Crippen molar-refractivity contribution in [3.05, 3.63) is 102 Å². The third kappa shape index (κ3) is 6.30. The molecule has 0 spiro atoms. The number of sulfonamides is 1. The predicted octanol–water partition coefficient (Wildman–Crippen LogP) is 4.94. The van der Waals surface area contributed by atoms with E-state index < -0.39 is 15.3 Å². The number of anilines is 2. The number of amides is 1. The summed E-state index contributed by atoms with van der Waals surface area (Å²) in [6.45, 7) is 1.75. The number of aryl methyl sites for hydroxylation is 1. The summed E-state index contributed by atoms with van der Waals surface area (Å²) in [5.41, 5.74) is 4.26. The summed E-state index contributed by atoms with van der Waals surface area (Å²) < 4.78 is 27.5. The standard InChI is InChI=1S/C29H26N6O3S2/c1-19(27(36)33-24-9-11-25(12-10-24)40(37,38)35-29-31-14-5-15-32-29)39-28-23(18-30)17-22-16-21(8-13-26(22)34-28)20-6-3-2-4-7-20/h2-7,9-12,14-15,17,19,21H,8,13,16H2,1H3,(H,33,36)(H,31,32,35). The molecule has 2 aromatic heterocycles. The Morgan fingerprint density at radius 2 is 1.80 bits per heavy atom. The Bertz CT molecular complexity index is 1660. The number of aromatic nitrogens is 3.